The van der Waals surface area contributed by atoms with Gasteiger partial charge in [-0.3, -0.25) is 4.79 Å². The maximum atomic E-state index is 12.7. The molecule has 0 aromatic heterocycles. The smallest absolute Gasteiger partial charge is 0.323 e. The van der Waals surface area contributed by atoms with Crippen LogP contribution in [-0.4, -0.2) is 64.8 Å². The summed E-state index contributed by atoms with van der Waals surface area (Å²) >= 11 is 0. The van der Waals surface area contributed by atoms with E-state index < -0.39 is 5.97 Å². The second kappa shape index (κ2) is 6.43. The van der Waals surface area contributed by atoms with Crippen LogP contribution in [0, 0.1) is 0 Å². The molecule has 1 N–H and O–H groups in total. The summed E-state index contributed by atoms with van der Waals surface area (Å²) in [6, 6.07) is -0.0812. The average molecular weight is 284 g/mol. The number of ether oxygens (including phenoxy) is 1. The van der Waals surface area contributed by atoms with Crippen LogP contribution in [0.3, 0.4) is 0 Å². The first-order valence-electron chi connectivity index (χ1n) is 7.39. The van der Waals surface area contributed by atoms with Crippen molar-refractivity contribution in [1.82, 2.24) is 9.80 Å². The number of rotatable bonds is 3. The average Bonchev–Trinajstić information content (AvgIpc) is 2.91. The largest absolute Gasteiger partial charge is 0.480 e. The van der Waals surface area contributed by atoms with Crippen LogP contribution in [0.25, 0.3) is 0 Å². The molecular formula is C14H24N2O4. The third-order valence-corrected chi connectivity index (χ3v) is 4.17. The number of hydrogen-bond acceptors (Lipinski definition) is 3. The molecule has 0 bridgehead atoms. The predicted octanol–water partition coefficient (Wildman–Crippen LogP) is 1.54. The van der Waals surface area contributed by atoms with Gasteiger partial charge in [-0.25, -0.2) is 4.79 Å². The van der Waals surface area contributed by atoms with Crippen LogP contribution in [0.4, 0.5) is 4.79 Å². The molecule has 2 unspecified atom stereocenters. The molecule has 0 aromatic carbocycles. The number of morpholine rings is 1. The highest BCUT2D eigenvalue weighted by molar-refractivity contribution is 5.80. The van der Waals surface area contributed by atoms with Gasteiger partial charge in [0.05, 0.1) is 18.8 Å². The molecule has 0 spiro atoms. The fourth-order valence-corrected chi connectivity index (χ4v) is 3.05. The number of carboxylic acid groups (broad SMARTS) is 1. The van der Waals surface area contributed by atoms with E-state index in [9.17, 15) is 9.59 Å². The highest BCUT2D eigenvalue weighted by atomic mass is 16.5. The predicted molar refractivity (Wildman–Crippen MR) is 73.6 cm³/mol. The van der Waals surface area contributed by atoms with Crippen molar-refractivity contribution in [2.45, 2.75) is 57.7 Å². The molecule has 0 radical (unpaired) electrons. The third-order valence-electron chi connectivity index (χ3n) is 4.17. The van der Waals surface area contributed by atoms with E-state index in [1.165, 1.54) is 0 Å². The summed E-state index contributed by atoms with van der Waals surface area (Å²) in [7, 11) is 0. The third kappa shape index (κ3) is 3.42. The van der Waals surface area contributed by atoms with Crippen LogP contribution in [0.5, 0.6) is 0 Å². The molecule has 2 amide bonds. The van der Waals surface area contributed by atoms with Gasteiger partial charge in [-0.2, -0.15) is 0 Å². The first-order valence-corrected chi connectivity index (χ1v) is 7.39. The molecule has 1 saturated carbocycles. The molecule has 6 heteroatoms. The van der Waals surface area contributed by atoms with E-state index in [1.54, 1.807) is 9.80 Å². The van der Waals surface area contributed by atoms with Gasteiger partial charge in [-0.1, -0.05) is 12.8 Å². The normalized spacial score (nSPS) is 27.6. The minimum absolute atomic E-state index is 0.00334. The fourth-order valence-electron chi connectivity index (χ4n) is 3.05. The Hall–Kier alpha value is -1.30. The van der Waals surface area contributed by atoms with E-state index in [4.69, 9.17) is 9.84 Å². The highest BCUT2D eigenvalue weighted by Gasteiger charge is 2.35. The maximum absolute atomic E-state index is 12.7. The van der Waals surface area contributed by atoms with Crippen LogP contribution in [-0.2, 0) is 9.53 Å². The highest BCUT2D eigenvalue weighted by Crippen LogP contribution is 2.25. The van der Waals surface area contributed by atoms with Gasteiger partial charge < -0.3 is 19.6 Å². The zero-order valence-electron chi connectivity index (χ0n) is 12.2. The molecule has 114 valence electrons. The quantitative estimate of drug-likeness (QED) is 0.853. The molecule has 1 aliphatic carbocycles. The Labute approximate surface area is 119 Å². The standard InChI is InChI=1S/C14H24N2O4/c1-10-9-20-11(2)7-15(10)14(19)16(8-13(17)18)12-5-3-4-6-12/h10-12H,3-9H2,1-2H3,(H,17,18). The molecule has 1 aliphatic heterocycles. The lowest BCUT2D eigenvalue weighted by Gasteiger charge is -2.41. The molecule has 2 aliphatic rings. The van der Waals surface area contributed by atoms with Gasteiger partial charge in [0.25, 0.3) is 0 Å². The van der Waals surface area contributed by atoms with E-state index in [-0.39, 0.29) is 30.8 Å². The summed E-state index contributed by atoms with van der Waals surface area (Å²) in [5.41, 5.74) is 0. The first kappa shape index (κ1) is 15.1. The van der Waals surface area contributed by atoms with Gasteiger partial charge in [0, 0.05) is 12.6 Å². The zero-order chi connectivity index (χ0) is 14.7. The van der Waals surface area contributed by atoms with Gasteiger partial charge in [-0.15, -0.1) is 0 Å². The van der Waals surface area contributed by atoms with Crippen LogP contribution < -0.4 is 0 Å². The van der Waals surface area contributed by atoms with Gasteiger partial charge in [0.15, 0.2) is 0 Å². The van der Waals surface area contributed by atoms with E-state index in [0.29, 0.717) is 13.2 Å². The van der Waals surface area contributed by atoms with Crippen molar-refractivity contribution in [2.24, 2.45) is 0 Å². The van der Waals surface area contributed by atoms with Gasteiger partial charge in [0.2, 0.25) is 0 Å². The Bertz CT molecular complexity index is 368. The molecule has 2 atom stereocenters. The topological polar surface area (TPSA) is 70.1 Å². The molecule has 6 nitrogen and oxygen atoms in total. The Morgan fingerprint density at radius 2 is 1.95 bits per heavy atom. The summed E-state index contributed by atoms with van der Waals surface area (Å²) in [6.07, 6.45) is 3.97. The van der Waals surface area contributed by atoms with Crippen LogP contribution in [0.2, 0.25) is 0 Å². The van der Waals surface area contributed by atoms with Crippen molar-refractivity contribution in [3.05, 3.63) is 0 Å². The lowest BCUT2D eigenvalue weighted by molar-refractivity contribution is -0.138. The van der Waals surface area contributed by atoms with Gasteiger partial charge >= 0.3 is 12.0 Å². The van der Waals surface area contributed by atoms with Crippen LogP contribution in [0.1, 0.15) is 39.5 Å². The zero-order valence-corrected chi connectivity index (χ0v) is 12.2. The summed E-state index contributed by atoms with van der Waals surface area (Å²) in [5.74, 6) is -0.945. The molecule has 20 heavy (non-hydrogen) atoms. The van der Waals surface area contributed by atoms with E-state index in [1.807, 2.05) is 13.8 Å². The Kier molecular flexibility index (Phi) is 4.86. The fraction of sp³-hybridized carbons (Fsp3) is 0.857. The van der Waals surface area contributed by atoms with Crippen molar-refractivity contribution >= 4 is 12.0 Å². The van der Waals surface area contributed by atoms with E-state index in [0.717, 1.165) is 25.7 Å². The van der Waals surface area contributed by atoms with Crippen molar-refractivity contribution < 1.29 is 19.4 Å². The molecule has 2 rings (SSSR count). The Morgan fingerprint density at radius 3 is 2.55 bits per heavy atom. The Morgan fingerprint density at radius 1 is 1.30 bits per heavy atom. The first-order chi connectivity index (χ1) is 9.49. The summed E-state index contributed by atoms with van der Waals surface area (Å²) < 4.78 is 5.53. The van der Waals surface area contributed by atoms with Crippen LogP contribution in [0.15, 0.2) is 0 Å². The molecule has 1 saturated heterocycles. The van der Waals surface area contributed by atoms with Gasteiger partial charge in [0.1, 0.15) is 6.54 Å². The van der Waals surface area contributed by atoms with Crippen molar-refractivity contribution in [3.8, 4) is 0 Å². The van der Waals surface area contributed by atoms with Crippen molar-refractivity contribution in [3.63, 3.8) is 0 Å². The lowest BCUT2D eigenvalue weighted by Crippen LogP contribution is -2.57. The minimum atomic E-state index is -0.945. The number of hydrogen-bond donors (Lipinski definition) is 1. The molecule has 2 fully saturated rings. The summed E-state index contributed by atoms with van der Waals surface area (Å²) in [4.78, 5) is 27.1. The second-order valence-corrected chi connectivity index (χ2v) is 5.89. The van der Waals surface area contributed by atoms with Gasteiger partial charge in [-0.05, 0) is 26.7 Å². The number of nitrogens with zero attached hydrogens (tertiary/aromatic N) is 2. The summed E-state index contributed by atoms with van der Waals surface area (Å²) in [6.45, 7) is 4.71. The number of urea groups is 1. The minimum Gasteiger partial charge on any atom is -0.480 e. The number of aliphatic carboxylic acids is 1. The van der Waals surface area contributed by atoms with Crippen LogP contribution >= 0.6 is 0 Å². The van der Waals surface area contributed by atoms with Crippen molar-refractivity contribution in [1.29, 1.82) is 0 Å². The van der Waals surface area contributed by atoms with Crippen molar-refractivity contribution in [2.75, 3.05) is 19.7 Å². The summed E-state index contributed by atoms with van der Waals surface area (Å²) in [5, 5.41) is 9.07. The second-order valence-electron chi connectivity index (χ2n) is 5.89. The van der Waals surface area contributed by atoms with E-state index >= 15 is 0 Å². The number of amides is 2. The molecule has 0 aromatic rings. The van der Waals surface area contributed by atoms with E-state index in [2.05, 4.69) is 0 Å². The maximum Gasteiger partial charge on any atom is 0.323 e. The molecule has 1 heterocycles. The monoisotopic (exact) mass is 284 g/mol. The molecular weight excluding hydrogens is 260 g/mol. The SMILES string of the molecule is CC1CN(C(=O)N(CC(=O)O)C2CCCC2)C(C)CO1. The number of carbonyl (C=O) groups excluding carboxylic acids is 1. The Balaban J connectivity index is 2.09. The number of carbonyl (C=O) groups is 2. The lowest BCUT2D eigenvalue weighted by atomic mass is 10.2. The number of carboxylic acids is 1.